The largest absolute Gasteiger partial charge is 0.356 e. The first kappa shape index (κ1) is 23.3. The van der Waals surface area contributed by atoms with E-state index < -0.39 is 0 Å². The van der Waals surface area contributed by atoms with Gasteiger partial charge in [0.05, 0.1) is 16.7 Å². The monoisotopic (exact) mass is 520 g/mol. The van der Waals surface area contributed by atoms with Gasteiger partial charge in [-0.15, -0.1) is 35.3 Å². The van der Waals surface area contributed by atoms with Crippen molar-refractivity contribution in [2.75, 3.05) is 52.9 Å². The number of aryl methyl sites for hydroxylation is 1. The van der Waals surface area contributed by atoms with E-state index in [1.807, 2.05) is 18.9 Å². The Bertz CT molecular complexity index is 653. The number of thiazole rings is 1. The van der Waals surface area contributed by atoms with Gasteiger partial charge in [0.25, 0.3) is 0 Å². The second-order valence-electron chi connectivity index (χ2n) is 7.31. The van der Waals surface area contributed by atoms with Gasteiger partial charge >= 0.3 is 0 Å². The van der Waals surface area contributed by atoms with E-state index in [0.29, 0.717) is 5.91 Å². The van der Waals surface area contributed by atoms with Gasteiger partial charge in [-0.3, -0.25) is 14.7 Å². The summed E-state index contributed by atoms with van der Waals surface area (Å²) < 4.78 is 0. The fourth-order valence-corrected chi connectivity index (χ4v) is 4.48. The summed E-state index contributed by atoms with van der Waals surface area (Å²) >= 11 is 1.70. The number of aliphatic imine (C=N–C) groups is 1. The van der Waals surface area contributed by atoms with Crippen LogP contribution in [0, 0.1) is 6.92 Å². The van der Waals surface area contributed by atoms with Crippen LogP contribution in [0.5, 0.6) is 0 Å². The number of nitrogens with zero attached hydrogens (tertiary/aromatic N) is 5. The molecule has 9 heteroatoms. The minimum absolute atomic E-state index is 0. The van der Waals surface area contributed by atoms with Crippen LogP contribution in [-0.2, 0) is 11.2 Å². The average molecular weight is 520 g/mol. The van der Waals surface area contributed by atoms with Crippen molar-refractivity contribution in [1.82, 2.24) is 25.0 Å². The van der Waals surface area contributed by atoms with Crippen molar-refractivity contribution in [3.8, 4) is 0 Å². The smallest absolute Gasteiger partial charge is 0.239 e. The van der Waals surface area contributed by atoms with Crippen LogP contribution in [0.4, 0.5) is 0 Å². The van der Waals surface area contributed by atoms with Crippen LogP contribution in [0.2, 0.25) is 0 Å². The lowest BCUT2D eigenvalue weighted by atomic mass is 10.2. The van der Waals surface area contributed by atoms with Crippen LogP contribution in [0.1, 0.15) is 30.5 Å². The highest BCUT2D eigenvalue weighted by Gasteiger charge is 2.30. The first-order valence-electron chi connectivity index (χ1n) is 9.98. The third kappa shape index (κ3) is 6.03. The molecule has 3 heterocycles. The molecule has 1 N–H and O–H groups in total. The van der Waals surface area contributed by atoms with E-state index in [4.69, 9.17) is 0 Å². The zero-order chi connectivity index (χ0) is 19.2. The fraction of sp³-hybridized carbons (Fsp3) is 0.737. The molecule has 2 aliphatic heterocycles. The van der Waals surface area contributed by atoms with E-state index in [1.165, 1.54) is 0 Å². The minimum atomic E-state index is -0.0203. The van der Waals surface area contributed by atoms with E-state index >= 15 is 0 Å². The zero-order valence-corrected chi connectivity index (χ0v) is 20.3. The van der Waals surface area contributed by atoms with Crippen LogP contribution in [0.3, 0.4) is 0 Å². The molecule has 3 rings (SSSR count). The Morgan fingerprint density at radius 2 is 1.89 bits per heavy atom. The zero-order valence-electron chi connectivity index (χ0n) is 17.2. The van der Waals surface area contributed by atoms with Gasteiger partial charge in [-0.05, 0) is 26.7 Å². The Kier molecular flexibility index (Phi) is 9.42. The molecule has 28 heavy (non-hydrogen) atoms. The Hall–Kier alpha value is -0.940. The molecule has 0 saturated carbocycles. The minimum Gasteiger partial charge on any atom is -0.356 e. The average Bonchev–Trinajstić information content (AvgIpc) is 3.36. The normalized spacial score (nSPS) is 19.5. The predicted octanol–water partition coefficient (Wildman–Crippen LogP) is 1.82. The summed E-state index contributed by atoms with van der Waals surface area (Å²) in [5.74, 6) is 1.24. The summed E-state index contributed by atoms with van der Waals surface area (Å²) in [7, 11) is 1.83. The van der Waals surface area contributed by atoms with Crippen LogP contribution in [-0.4, -0.2) is 90.5 Å². The molecule has 2 fully saturated rings. The Labute approximate surface area is 189 Å². The number of nitrogens with one attached hydrogen (secondary N) is 1. The molecule has 0 bridgehead atoms. The topological polar surface area (TPSA) is 64.1 Å². The summed E-state index contributed by atoms with van der Waals surface area (Å²) in [5.41, 5.74) is 1.14. The lowest BCUT2D eigenvalue weighted by Gasteiger charge is -2.39. The maximum Gasteiger partial charge on any atom is 0.239 e. The number of halogens is 1. The van der Waals surface area contributed by atoms with Gasteiger partial charge in [-0.2, -0.15) is 0 Å². The number of aromatic nitrogens is 1. The van der Waals surface area contributed by atoms with Crippen molar-refractivity contribution in [2.45, 2.75) is 39.2 Å². The summed E-state index contributed by atoms with van der Waals surface area (Å²) in [6.45, 7) is 10.4. The number of amides is 1. The van der Waals surface area contributed by atoms with E-state index in [-0.39, 0.29) is 30.0 Å². The summed E-state index contributed by atoms with van der Waals surface area (Å²) in [5, 5.41) is 6.69. The third-order valence-electron chi connectivity index (χ3n) is 5.48. The highest BCUT2D eigenvalue weighted by atomic mass is 127. The molecular formula is C19H33IN6OS. The summed E-state index contributed by atoms with van der Waals surface area (Å²) in [4.78, 5) is 28.2. The van der Waals surface area contributed by atoms with Crippen molar-refractivity contribution in [1.29, 1.82) is 0 Å². The molecule has 1 atom stereocenters. The van der Waals surface area contributed by atoms with Crippen molar-refractivity contribution in [3.05, 3.63) is 16.1 Å². The first-order valence-corrected chi connectivity index (χ1v) is 10.9. The Balaban J connectivity index is 0.00000280. The molecule has 0 spiro atoms. The van der Waals surface area contributed by atoms with Crippen molar-refractivity contribution in [3.63, 3.8) is 0 Å². The van der Waals surface area contributed by atoms with Crippen LogP contribution < -0.4 is 5.32 Å². The number of hydrogen-bond acceptors (Lipinski definition) is 5. The van der Waals surface area contributed by atoms with E-state index in [2.05, 4.69) is 37.4 Å². The van der Waals surface area contributed by atoms with Gasteiger partial charge in [-0.1, -0.05) is 0 Å². The molecule has 2 saturated heterocycles. The first-order chi connectivity index (χ1) is 13.1. The van der Waals surface area contributed by atoms with Crippen LogP contribution >= 0.6 is 35.3 Å². The molecule has 1 aromatic rings. The summed E-state index contributed by atoms with van der Waals surface area (Å²) in [6.07, 6.45) is 3.20. The SMILES string of the molecule is CN=C(NCCc1csc(C)n1)N1CCN(C(C)C(=O)N2CCCC2)CC1.I. The number of likely N-dealkylation sites (tertiary alicyclic amines) is 1. The Morgan fingerprint density at radius 1 is 1.21 bits per heavy atom. The van der Waals surface area contributed by atoms with Gasteiger partial charge in [0, 0.05) is 64.7 Å². The van der Waals surface area contributed by atoms with Crippen molar-refractivity contribution < 1.29 is 4.79 Å². The predicted molar refractivity (Wildman–Crippen MR) is 126 cm³/mol. The number of guanidine groups is 1. The van der Waals surface area contributed by atoms with Gasteiger partial charge < -0.3 is 15.1 Å². The van der Waals surface area contributed by atoms with Gasteiger partial charge in [0.1, 0.15) is 0 Å². The van der Waals surface area contributed by atoms with Crippen molar-refractivity contribution in [2.24, 2.45) is 4.99 Å². The van der Waals surface area contributed by atoms with Crippen LogP contribution in [0.25, 0.3) is 0 Å². The molecule has 2 aliphatic rings. The molecule has 7 nitrogen and oxygen atoms in total. The number of piperazine rings is 1. The Morgan fingerprint density at radius 3 is 2.46 bits per heavy atom. The fourth-order valence-electron chi connectivity index (χ4n) is 3.84. The molecule has 1 amide bonds. The summed E-state index contributed by atoms with van der Waals surface area (Å²) in [6, 6.07) is -0.0203. The maximum absolute atomic E-state index is 12.6. The van der Waals surface area contributed by atoms with Gasteiger partial charge in [0.2, 0.25) is 5.91 Å². The number of hydrogen-bond donors (Lipinski definition) is 1. The number of carbonyl (C=O) groups excluding carboxylic acids is 1. The number of carbonyl (C=O) groups is 1. The molecule has 1 aromatic heterocycles. The number of rotatable bonds is 5. The van der Waals surface area contributed by atoms with E-state index in [1.54, 1.807) is 11.3 Å². The lowest BCUT2D eigenvalue weighted by molar-refractivity contribution is -0.135. The molecule has 158 valence electrons. The lowest BCUT2D eigenvalue weighted by Crippen LogP contribution is -2.57. The molecule has 0 radical (unpaired) electrons. The quantitative estimate of drug-likeness (QED) is 0.365. The van der Waals surface area contributed by atoms with Crippen LogP contribution in [0.15, 0.2) is 10.4 Å². The molecule has 0 aromatic carbocycles. The molecular weight excluding hydrogens is 487 g/mol. The highest BCUT2D eigenvalue weighted by Crippen LogP contribution is 2.14. The molecule has 1 unspecified atom stereocenters. The van der Waals surface area contributed by atoms with E-state index in [0.717, 1.165) is 81.7 Å². The molecule has 0 aliphatic carbocycles. The second-order valence-corrected chi connectivity index (χ2v) is 8.38. The van der Waals surface area contributed by atoms with Gasteiger partial charge in [0.15, 0.2) is 5.96 Å². The third-order valence-corrected chi connectivity index (χ3v) is 6.30. The van der Waals surface area contributed by atoms with Gasteiger partial charge in [-0.25, -0.2) is 4.98 Å². The highest BCUT2D eigenvalue weighted by molar-refractivity contribution is 14.0. The second kappa shape index (κ2) is 11.3. The van der Waals surface area contributed by atoms with Crippen molar-refractivity contribution >= 4 is 47.2 Å². The standard InChI is InChI=1S/C19H32N6OS.HI/c1-15(18(26)24-8-4-5-9-24)23-10-12-25(13-11-23)19(20-3)21-7-6-17-14-27-16(2)22-17;/h14-15H,4-13H2,1-3H3,(H,20,21);1H. The van der Waals surface area contributed by atoms with E-state index in [9.17, 15) is 4.79 Å². The maximum atomic E-state index is 12.6.